The molecule has 8 heteroatoms. The zero-order valence-corrected chi connectivity index (χ0v) is 14.8. The number of hydrogen-bond donors (Lipinski definition) is 4. The number of carbonyl (C=O) groups excluding carboxylic acids is 1. The molecule has 1 aromatic carbocycles. The highest BCUT2D eigenvalue weighted by Crippen LogP contribution is 2.40. The molecule has 0 radical (unpaired) electrons. The Kier molecular flexibility index (Phi) is 4.40. The van der Waals surface area contributed by atoms with Gasteiger partial charge in [0.05, 0.1) is 18.2 Å². The standard InChI is InChI=1S/C18H25N3O5/c1-18(2)25-15-13-11(22)8-9-12(23)14(16(15)26-18)21(20-13)17(24)19-10-6-4-3-5-7-10/h3-7,11-16,20,22-23H,8-9H2,1-2H3,(H,19,24)/t11-,12-,13?,14?,15+,16-/m1/s1. The van der Waals surface area contributed by atoms with Gasteiger partial charge in [0.1, 0.15) is 18.2 Å². The zero-order valence-electron chi connectivity index (χ0n) is 14.8. The smallest absolute Gasteiger partial charge is 0.336 e. The molecule has 2 amide bonds. The molecule has 142 valence electrons. The number of nitrogens with one attached hydrogen (secondary N) is 2. The Hall–Kier alpha value is -1.71. The molecular weight excluding hydrogens is 338 g/mol. The summed E-state index contributed by atoms with van der Waals surface area (Å²) in [7, 11) is 0. The van der Waals surface area contributed by atoms with Gasteiger partial charge in [-0.25, -0.2) is 10.2 Å². The van der Waals surface area contributed by atoms with E-state index < -0.39 is 48.3 Å². The van der Waals surface area contributed by atoms with Crippen LogP contribution in [0.1, 0.15) is 26.7 Å². The van der Waals surface area contributed by atoms with Crippen molar-refractivity contribution in [2.45, 2.75) is 69.0 Å². The van der Waals surface area contributed by atoms with Gasteiger partial charge >= 0.3 is 6.03 Å². The first-order valence-corrected chi connectivity index (χ1v) is 8.99. The van der Waals surface area contributed by atoms with Crippen molar-refractivity contribution in [3.8, 4) is 0 Å². The number of amides is 2. The van der Waals surface area contributed by atoms with Crippen LogP contribution in [0.5, 0.6) is 0 Å². The highest BCUT2D eigenvalue weighted by molar-refractivity contribution is 5.89. The number of ether oxygens (including phenoxy) is 2. The molecule has 2 heterocycles. The third-order valence-corrected chi connectivity index (χ3v) is 5.25. The van der Waals surface area contributed by atoms with Crippen LogP contribution < -0.4 is 10.7 Å². The Labute approximate surface area is 152 Å². The van der Waals surface area contributed by atoms with Gasteiger partial charge in [-0.3, -0.25) is 5.01 Å². The van der Waals surface area contributed by atoms with E-state index in [0.717, 1.165) is 0 Å². The third-order valence-electron chi connectivity index (χ3n) is 5.25. The number of rotatable bonds is 1. The molecule has 2 saturated heterocycles. The van der Waals surface area contributed by atoms with E-state index in [4.69, 9.17) is 9.47 Å². The number of urea groups is 1. The maximum atomic E-state index is 12.9. The van der Waals surface area contributed by atoms with Crippen molar-refractivity contribution in [3.05, 3.63) is 30.3 Å². The molecule has 6 atom stereocenters. The van der Waals surface area contributed by atoms with Gasteiger partial charge in [-0.1, -0.05) is 18.2 Å². The Morgan fingerprint density at radius 3 is 2.54 bits per heavy atom. The maximum absolute atomic E-state index is 12.9. The summed E-state index contributed by atoms with van der Waals surface area (Å²) in [5.74, 6) is -0.844. The molecule has 1 aliphatic carbocycles. The third kappa shape index (κ3) is 3.08. The Morgan fingerprint density at radius 1 is 1.15 bits per heavy atom. The van der Waals surface area contributed by atoms with Crippen LogP contribution in [0.25, 0.3) is 0 Å². The van der Waals surface area contributed by atoms with Crippen molar-refractivity contribution in [2.24, 2.45) is 0 Å². The van der Waals surface area contributed by atoms with E-state index in [0.29, 0.717) is 18.5 Å². The predicted molar refractivity (Wildman–Crippen MR) is 93.1 cm³/mol. The Balaban J connectivity index is 1.64. The molecule has 0 aromatic heterocycles. The van der Waals surface area contributed by atoms with Crippen LogP contribution in [0.15, 0.2) is 30.3 Å². The molecular formula is C18H25N3O5. The lowest BCUT2D eigenvalue weighted by molar-refractivity contribution is -0.151. The average Bonchev–Trinajstić information content (AvgIpc) is 2.91. The summed E-state index contributed by atoms with van der Waals surface area (Å²) in [6.07, 6.45) is -1.76. The molecule has 1 saturated carbocycles. The first-order chi connectivity index (χ1) is 12.4. The van der Waals surface area contributed by atoms with Crippen molar-refractivity contribution < 1.29 is 24.5 Å². The van der Waals surface area contributed by atoms with Gasteiger partial charge in [-0.2, -0.15) is 0 Å². The molecule has 0 spiro atoms. The van der Waals surface area contributed by atoms with E-state index in [1.165, 1.54) is 5.01 Å². The topological polar surface area (TPSA) is 103 Å². The number of aliphatic hydroxyl groups excluding tert-OH is 2. The zero-order chi connectivity index (χ0) is 18.5. The number of hydrazine groups is 1. The molecule has 1 aromatic rings. The molecule has 3 fully saturated rings. The van der Waals surface area contributed by atoms with E-state index >= 15 is 0 Å². The largest absolute Gasteiger partial charge is 0.391 e. The number of nitrogens with zero attached hydrogens (tertiary/aromatic N) is 1. The highest BCUT2D eigenvalue weighted by Gasteiger charge is 2.59. The minimum Gasteiger partial charge on any atom is -0.391 e. The second kappa shape index (κ2) is 6.47. The highest BCUT2D eigenvalue weighted by atomic mass is 16.8. The minimum absolute atomic E-state index is 0.381. The molecule has 4 N–H and O–H groups in total. The summed E-state index contributed by atoms with van der Waals surface area (Å²) in [6, 6.07) is 7.57. The van der Waals surface area contributed by atoms with Gasteiger partial charge in [0.25, 0.3) is 0 Å². The number of carbonyl (C=O) groups is 1. The van der Waals surface area contributed by atoms with Crippen LogP contribution in [0, 0.1) is 0 Å². The van der Waals surface area contributed by atoms with Crippen LogP contribution in [0.2, 0.25) is 0 Å². The van der Waals surface area contributed by atoms with E-state index in [1.54, 1.807) is 26.0 Å². The molecule has 4 rings (SSSR count). The van der Waals surface area contributed by atoms with Gasteiger partial charge in [-0.05, 0) is 38.8 Å². The van der Waals surface area contributed by atoms with E-state index in [1.807, 2.05) is 18.2 Å². The first-order valence-electron chi connectivity index (χ1n) is 8.99. The summed E-state index contributed by atoms with van der Waals surface area (Å²) in [5, 5.41) is 25.4. The monoisotopic (exact) mass is 363 g/mol. The molecule has 2 unspecified atom stereocenters. The lowest BCUT2D eigenvalue weighted by Crippen LogP contribution is -2.74. The SMILES string of the molecule is CC1(C)O[C@@H]2C3[C@H](O)CC[C@@H](O)C(NN3C(=O)Nc3ccccc3)[C@@H]2O1. The van der Waals surface area contributed by atoms with E-state index in [-0.39, 0.29) is 0 Å². The van der Waals surface area contributed by atoms with Gasteiger partial charge in [0.2, 0.25) is 0 Å². The first kappa shape index (κ1) is 17.7. The second-order valence-corrected chi connectivity index (χ2v) is 7.59. The van der Waals surface area contributed by atoms with Crippen LogP contribution in [-0.4, -0.2) is 63.5 Å². The van der Waals surface area contributed by atoms with Gasteiger partial charge < -0.3 is 25.0 Å². The van der Waals surface area contributed by atoms with Crippen molar-refractivity contribution in [1.82, 2.24) is 10.4 Å². The van der Waals surface area contributed by atoms with Crippen LogP contribution in [0.4, 0.5) is 10.5 Å². The fourth-order valence-corrected chi connectivity index (χ4v) is 4.11. The molecule has 3 aliphatic rings. The minimum atomic E-state index is -0.844. The van der Waals surface area contributed by atoms with E-state index in [9.17, 15) is 15.0 Å². The predicted octanol–water partition coefficient (Wildman–Crippen LogP) is 0.812. The summed E-state index contributed by atoms with van der Waals surface area (Å²) >= 11 is 0. The van der Waals surface area contributed by atoms with Crippen molar-refractivity contribution in [2.75, 3.05) is 5.32 Å². The van der Waals surface area contributed by atoms with Gasteiger partial charge in [0.15, 0.2) is 5.79 Å². The maximum Gasteiger partial charge on any atom is 0.336 e. The summed E-state index contributed by atoms with van der Waals surface area (Å²) in [4.78, 5) is 12.9. The number of para-hydroxylation sites is 1. The fraction of sp³-hybridized carbons (Fsp3) is 0.611. The normalized spacial score (nSPS) is 38.4. The van der Waals surface area contributed by atoms with Crippen molar-refractivity contribution in [1.29, 1.82) is 0 Å². The van der Waals surface area contributed by atoms with Crippen LogP contribution >= 0.6 is 0 Å². The number of anilines is 1. The van der Waals surface area contributed by atoms with Gasteiger partial charge in [-0.15, -0.1) is 0 Å². The van der Waals surface area contributed by atoms with Crippen molar-refractivity contribution in [3.63, 3.8) is 0 Å². The molecule has 8 nitrogen and oxygen atoms in total. The number of hydrogen-bond acceptors (Lipinski definition) is 6. The molecule has 2 aliphatic heterocycles. The lowest BCUT2D eigenvalue weighted by Gasteiger charge is -2.50. The Morgan fingerprint density at radius 2 is 1.81 bits per heavy atom. The summed E-state index contributed by atoms with van der Waals surface area (Å²) < 4.78 is 12.0. The number of aliphatic hydroxyl groups is 2. The van der Waals surface area contributed by atoms with E-state index in [2.05, 4.69) is 10.7 Å². The molecule has 26 heavy (non-hydrogen) atoms. The quantitative estimate of drug-likeness (QED) is 0.589. The fourth-order valence-electron chi connectivity index (χ4n) is 4.11. The summed E-state index contributed by atoms with van der Waals surface area (Å²) in [5.41, 5.74) is 3.72. The lowest BCUT2D eigenvalue weighted by atomic mass is 9.83. The van der Waals surface area contributed by atoms with Crippen molar-refractivity contribution >= 4 is 11.7 Å². The Bertz CT molecular complexity index is 670. The molecule has 2 bridgehead atoms. The summed E-state index contributed by atoms with van der Waals surface area (Å²) in [6.45, 7) is 3.59. The van der Waals surface area contributed by atoms with Crippen LogP contribution in [-0.2, 0) is 9.47 Å². The average molecular weight is 363 g/mol. The second-order valence-electron chi connectivity index (χ2n) is 7.59. The van der Waals surface area contributed by atoms with Gasteiger partial charge in [0, 0.05) is 5.69 Å². The number of benzene rings is 1. The van der Waals surface area contributed by atoms with Crippen LogP contribution in [0.3, 0.4) is 0 Å².